The zero-order chi connectivity index (χ0) is 19.3. The van der Waals surface area contributed by atoms with Gasteiger partial charge in [-0.25, -0.2) is 4.79 Å². The van der Waals surface area contributed by atoms with Crippen LogP contribution in [0.25, 0.3) is 0 Å². The van der Waals surface area contributed by atoms with Crippen molar-refractivity contribution < 1.29 is 31.7 Å². The zero-order valence-corrected chi connectivity index (χ0v) is 15.7. The van der Waals surface area contributed by atoms with Gasteiger partial charge in [0.05, 0.1) is 19.3 Å². The molecule has 0 fully saturated rings. The Balaban J connectivity index is 2.85. The first kappa shape index (κ1) is 20.8. The molecule has 1 N–H and O–H groups in total. The second-order valence-electron chi connectivity index (χ2n) is 6.32. The maximum absolute atomic E-state index is 12.0. The molecule has 0 aliphatic rings. The van der Waals surface area contributed by atoms with Gasteiger partial charge in [-0.3, -0.25) is 4.79 Å². The van der Waals surface area contributed by atoms with E-state index in [2.05, 4.69) is 5.32 Å². The maximum atomic E-state index is 12.0. The van der Waals surface area contributed by atoms with E-state index in [1.807, 2.05) is 0 Å². The lowest BCUT2D eigenvalue weighted by Gasteiger charge is -2.21. The smallest absolute Gasteiger partial charge is 0.407 e. The van der Waals surface area contributed by atoms with E-state index in [-0.39, 0.29) is 12.3 Å². The molecule has 8 nitrogen and oxygen atoms in total. The van der Waals surface area contributed by atoms with Crippen LogP contribution in [0.1, 0.15) is 32.3 Å². The van der Waals surface area contributed by atoms with Crippen molar-refractivity contribution in [2.45, 2.75) is 32.3 Å². The standard InChI is InChI=1S/C16H23NO7S/c1-16(2,3)23-15(19)17-10-13(14(18)22-4)11-6-8-12(9-7-11)24-25(5,20)21/h6-9,13H,10H2,1-5H3,(H,17,19). The fraction of sp³-hybridized carbons (Fsp3) is 0.500. The third-order valence-corrected chi connectivity index (χ3v) is 3.36. The van der Waals surface area contributed by atoms with E-state index >= 15 is 0 Å². The van der Waals surface area contributed by atoms with Gasteiger partial charge in [0.15, 0.2) is 0 Å². The minimum Gasteiger partial charge on any atom is -0.468 e. The number of ether oxygens (including phenoxy) is 2. The summed E-state index contributed by atoms with van der Waals surface area (Å²) in [5.74, 6) is -1.20. The number of rotatable bonds is 6. The third kappa shape index (κ3) is 7.88. The quantitative estimate of drug-likeness (QED) is 0.598. The zero-order valence-electron chi connectivity index (χ0n) is 14.9. The summed E-state index contributed by atoms with van der Waals surface area (Å²) in [4.78, 5) is 23.7. The summed E-state index contributed by atoms with van der Waals surface area (Å²) in [6.07, 6.45) is 0.279. The number of hydrogen-bond donors (Lipinski definition) is 1. The number of alkyl carbamates (subject to hydrolysis) is 1. The molecular weight excluding hydrogens is 350 g/mol. The highest BCUT2D eigenvalue weighted by Gasteiger charge is 2.24. The Kier molecular flexibility index (Phi) is 6.80. The molecule has 1 rings (SSSR count). The van der Waals surface area contributed by atoms with Gasteiger partial charge in [-0.1, -0.05) is 12.1 Å². The molecule has 0 heterocycles. The van der Waals surface area contributed by atoms with E-state index in [1.165, 1.54) is 31.4 Å². The molecule has 1 atom stereocenters. The largest absolute Gasteiger partial charge is 0.468 e. The fourth-order valence-corrected chi connectivity index (χ4v) is 2.37. The highest BCUT2D eigenvalue weighted by molar-refractivity contribution is 7.86. The van der Waals surface area contributed by atoms with Crippen molar-refractivity contribution >= 4 is 22.2 Å². The molecule has 1 aromatic carbocycles. The normalized spacial score (nSPS) is 12.8. The molecule has 1 aromatic rings. The Bertz CT molecular complexity index is 705. The van der Waals surface area contributed by atoms with E-state index in [1.54, 1.807) is 20.8 Å². The number of carbonyl (C=O) groups excluding carboxylic acids is 2. The summed E-state index contributed by atoms with van der Waals surface area (Å²) in [7, 11) is -2.40. The topological polar surface area (TPSA) is 108 Å². The first-order valence-corrected chi connectivity index (χ1v) is 9.27. The number of esters is 1. The van der Waals surface area contributed by atoms with Gasteiger partial charge in [-0.05, 0) is 38.5 Å². The molecule has 1 unspecified atom stereocenters. The number of nitrogens with one attached hydrogen (secondary N) is 1. The minimum atomic E-state index is -3.64. The predicted octanol–water partition coefficient (Wildman–Crippen LogP) is 1.81. The molecular formula is C16H23NO7S. The lowest BCUT2D eigenvalue weighted by molar-refractivity contribution is -0.142. The van der Waals surface area contributed by atoms with E-state index < -0.39 is 33.7 Å². The van der Waals surface area contributed by atoms with Crippen LogP contribution in [0.2, 0.25) is 0 Å². The van der Waals surface area contributed by atoms with Crippen LogP contribution in [0, 0.1) is 0 Å². The van der Waals surface area contributed by atoms with Crippen LogP contribution in [0.5, 0.6) is 5.75 Å². The van der Waals surface area contributed by atoms with Crippen LogP contribution in [0.4, 0.5) is 4.79 Å². The Hall–Kier alpha value is -2.29. The predicted molar refractivity (Wildman–Crippen MR) is 90.9 cm³/mol. The summed E-state index contributed by atoms with van der Waals surface area (Å²) in [5.41, 5.74) is -0.126. The Labute approximate surface area is 147 Å². The van der Waals surface area contributed by atoms with Crippen LogP contribution in [-0.4, -0.2) is 46.0 Å². The van der Waals surface area contributed by atoms with Gasteiger partial charge < -0.3 is 19.0 Å². The summed E-state index contributed by atoms with van der Waals surface area (Å²) < 4.78 is 36.8. The Morgan fingerprint density at radius 3 is 2.16 bits per heavy atom. The second-order valence-corrected chi connectivity index (χ2v) is 7.89. The van der Waals surface area contributed by atoms with Gasteiger partial charge in [-0.2, -0.15) is 8.42 Å². The summed E-state index contributed by atoms with van der Waals surface area (Å²) in [6.45, 7) is 5.15. The number of methoxy groups -OCH3 is 1. The Morgan fingerprint density at radius 2 is 1.72 bits per heavy atom. The van der Waals surface area contributed by atoms with E-state index in [0.29, 0.717) is 5.56 Å². The van der Waals surface area contributed by atoms with Crippen molar-refractivity contribution in [3.8, 4) is 5.75 Å². The van der Waals surface area contributed by atoms with Gasteiger partial charge in [0.2, 0.25) is 0 Å². The third-order valence-electron chi connectivity index (χ3n) is 2.87. The molecule has 9 heteroatoms. The molecule has 1 amide bonds. The number of hydrogen-bond acceptors (Lipinski definition) is 7. The van der Waals surface area contributed by atoms with E-state index in [9.17, 15) is 18.0 Å². The SMILES string of the molecule is COC(=O)C(CNC(=O)OC(C)(C)C)c1ccc(OS(C)(=O)=O)cc1. The molecule has 0 aliphatic heterocycles. The van der Waals surface area contributed by atoms with Crippen LogP contribution < -0.4 is 9.50 Å². The molecule has 0 saturated heterocycles. The monoisotopic (exact) mass is 373 g/mol. The van der Waals surface area contributed by atoms with Crippen LogP contribution >= 0.6 is 0 Å². The highest BCUT2D eigenvalue weighted by Crippen LogP contribution is 2.21. The van der Waals surface area contributed by atoms with Crippen LogP contribution in [-0.2, 0) is 24.4 Å². The molecule has 0 radical (unpaired) electrons. The van der Waals surface area contributed by atoms with Crippen molar-refractivity contribution in [2.24, 2.45) is 0 Å². The molecule has 0 aromatic heterocycles. The highest BCUT2D eigenvalue weighted by atomic mass is 32.2. The molecule has 140 valence electrons. The maximum Gasteiger partial charge on any atom is 0.407 e. The van der Waals surface area contributed by atoms with Gasteiger partial charge in [0.1, 0.15) is 11.4 Å². The first-order chi connectivity index (χ1) is 11.4. The van der Waals surface area contributed by atoms with Crippen LogP contribution in [0.3, 0.4) is 0 Å². The summed E-state index contributed by atoms with van der Waals surface area (Å²) >= 11 is 0. The van der Waals surface area contributed by atoms with Gasteiger partial charge in [0, 0.05) is 6.54 Å². The Morgan fingerprint density at radius 1 is 1.16 bits per heavy atom. The fourth-order valence-electron chi connectivity index (χ4n) is 1.91. The van der Waals surface area contributed by atoms with Gasteiger partial charge in [-0.15, -0.1) is 0 Å². The lowest BCUT2D eigenvalue weighted by atomic mass is 9.99. The summed E-state index contributed by atoms with van der Waals surface area (Å²) in [6, 6.07) is 5.89. The van der Waals surface area contributed by atoms with Crippen molar-refractivity contribution in [3.05, 3.63) is 29.8 Å². The molecule has 0 saturated carbocycles. The van der Waals surface area contributed by atoms with Gasteiger partial charge in [0.25, 0.3) is 0 Å². The molecule has 0 aliphatic carbocycles. The van der Waals surface area contributed by atoms with Crippen molar-refractivity contribution in [2.75, 3.05) is 19.9 Å². The lowest BCUT2D eigenvalue weighted by Crippen LogP contribution is -2.36. The van der Waals surface area contributed by atoms with Crippen molar-refractivity contribution in [1.29, 1.82) is 0 Å². The van der Waals surface area contributed by atoms with Gasteiger partial charge >= 0.3 is 22.2 Å². The average molecular weight is 373 g/mol. The second kappa shape index (κ2) is 8.19. The minimum absolute atomic E-state index is 0.0339. The summed E-state index contributed by atoms with van der Waals surface area (Å²) in [5, 5.41) is 2.52. The van der Waals surface area contributed by atoms with E-state index in [0.717, 1.165) is 6.26 Å². The number of carbonyl (C=O) groups is 2. The molecule has 0 bridgehead atoms. The average Bonchev–Trinajstić information content (AvgIpc) is 2.45. The molecule has 25 heavy (non-hydrogen) atoms. The number of amides is 1. The van der Waals surface area contributed by atoms with Crippen LogP contribution in [0.15, 0.2) is 24.3 Å². The van der Waals surface area contributed by atoms with E-state index in [4.69, 9.17) is 13.7 Å². The number of benzene rings is 1. The van der Waals surface area contributed by atoms with Crippen molar-refractivity contribution in [3.63, 3.8) is 0 Å². The van der Waals surface area contributed by atoms with Crippen molar-refractivity contribution in [1.82, 2.24) is 5.32 Å². The first-order valence-electron chi connectivity index (χ1n) is 7.45. The molecule has 0 spiro atoms.